The van der Waals surface area contributed by atoms with Crippen LogP contribution in [0.2, 0.25) is 0 Å². The summed E-state index contributed by atoms with van der Waals surface area (Å²) in [7, 11) is 0. The summed E-state index contributed by atoms with van der Waals surface area (Å²) in [6.45, 7) is 4.14. The zero-order chi connectivity index (χ0) is 9.90. The van der Waals surface area contributed by atoms with Crippen molar-refractivity contribution >= 4 is 0 Å². The SMILES string of the molecule is CC(C)(O)C1CC/C(=C\CO)CO1. The van der Waals surface area contributed by atoms with E-state index in [1.165, 1.54) is 0 Å². The second-order valence-electron chi connectivity index (χ2n) is 4.04. The van der Waals surface area contributed by atoms with Gasteiger partial charge in [0.25, 0.3) is 0 Å². The Balaban J connectivity index is 2.44. The third-order valence-corrected chi connectivity index (χ3v) is 2.37. The lowest BCUT2D eigenvalue weighted by molar-refractivity contribution is -0.0954. The van der Waals surface area contributed by atoms with Crippen LogP contribution in [-0.2, 0) is 4.74 Å². The molecule has 13 heavy (non-hydrogen) atoms. The predicted molar refractivity (Wildman–Crippen MR) is 50.4 cm³/mol. The number of hydrogen-bond donors (Lipinski definition) is 2. The van der Waals surface area contributed by atoms with Crippen LogP contribution in [0.4, 0.5) is 0 Å². The van der Waals surface area contributed by atoms with Gasteiger partial charge in [-0.15, -0.1) is 0 Å². The smallest absolute Gasteiger partial charge is 0.0864 e. The summed E-state index contributed by atoms with van der Waals surface area (Å²) in [5, 5.41) is 18.3. The van der Waals surface area contributed by atoms with Gasteiger partial charge in [0.2, 0.25) is 0 Å². The Morgan fingerprint density at radius 2 is 2.31 bits per heavy atom. The van der Waals surface area contributed by atoms with Crippen molar-refractivity contribution in [3.63, 3.8) is 0 Å². The van der Waals surface area contributed by atoms with E-state index in [0.717, 1.165) is 18.4 Å². The molecule has 1 heterocycles. The fourth-order valence-electron chi connectivity index (χ4n) is 1.53. The minimum atomic E-state index is -0.759. The molecule has 3 nitrogen and oxygen atoms in total. The van der Waals surface area contributed by atoms with Crippen molar-refractivity contribution in [1.29, 1.82) is 0 Å². The normalized spacial score (nSPS) is 28.0. The molecule has 3 heteroatoms. The first-order valence-electron chi connectivity index (χ1n) is 4.67. The van der Waals surface area contributed by atoms with Gasteiger partial charge in [0, 0.05) is 0 Å². The molecule has 0 bridgehead atoms. The van der Waals surface area contributed by atoms with Gasteiger partial charge in [-0.25, -0.2) is 0 Å². The molecule has 1 rings (SSSR count). The lowest BCUT2D eigenvalue weighted by atomic mass is 9.93. The van der Waals surface area contributed by atoms with E-state index in [-0.39, 0.29) is 12.7 Å². The van der Waals surface area contributed by atoms with Gasteiger partial charge < -0.3 is 14.9 Å². The zero-order valence-corrected chi connectivity index (χ0v) is 8.29. The Morgan fingerprint density at radius 1 is 1.62 bits per heavy atom. The minimum Gasteiger partial charge on any atom is -0.392 e. The molecular weight excluding hydrogens is 168 g/mol. The molecular formula is C10H18O3. The molecule has 0 aromatic heterocycles. The molecule has 1 unspecified atom stereocenters. The zero-order valence-electron chi connectivity index (χ0n) is 8.29. The van der Waals surface area contributed by atoms with Crippen LogP contribution < -0.4 is 0 Å². The molecule has 0 aromatic carbocycles. The van der Waals surface area contributed by atoms with E-state index in [1.54, 1.807) is 19.9 Å². The van der Waals surface area contributed by atoms with Crippen LogP contribution in [0.25, 0.3) is 0 Å². The highest BCUT2D eigenvalue weighted by Gasteiger charge is 2.30. The molecule has 0 spiro atoms. The summed E-state index contributed by atoms with van der Waals surface area (Å²) >= 11 is 0. The molecule has 1 aliphatic heterocycles. The summed E-state index contributed by atoms with van der Waals surface area (Å²) in [5.74, 6) is 0. The van der Waals surface area contributed by atoms with Crippen molar-refractivity contribution in [1.82, 2.24) is 0 Å². The van der Waals surface area contributed by atoms with E-state index in [4.69, 9.17) is 9.84 Å². The summed E-state index contributed by atoms with van der Waals surface area (Å²) in [4.78, 5) is 0. The van der Waals surface area contributed by atoms with E-state index >= 15 is 0 Å². The maximum absolute atomic E-state index is 9.66. The van der Waals surface area contributed by atoms with Gasteiger partial charge in [-0.3, -0.25) is 0 Å². The maximum Gasteiger partial charge on any atom is 0.0864 e. The largest absolute Gasteiger partial charge is 0.392 e. The quantitative estimate of drug-likeness (QED) is 0.629. The van der Waals surface area contributed by atoms with Crippen LogP contribution in [0.3, 0.4) is 0 Å². The minimum absolute atomic E-state index is 0.0753. The van der Waals surface area contributed by atoms with Crippen molar-refractivity contribution < 1.29 is 14.9 Å². The monoisotopic (exact) mass is 186 g/mol. The van der Waals surface area contributed by atoms with Crippen molar-refractivity contribution in [2.45, 2.75) is 38.4 Å². The van der Waals surface area contributed by atoms with Gasteiger partial charge in [0.15, 0.2) is 0 Å². The highest BCUT2D eigenvalue weighted by molar-refractivity contribution is 5.06. The second-order valence-corrected chi connectivity index (χ2v) is 4.04. The molecule has 0 radical (unpaired) electrons. The topological polar surface area (TPSA) is 49.7 Å². The summed E-state index contributed by atoms with van der Waals surface area (Å²) in [6, 6.07) is 0. The fraction of sp³-hybridized carbons (Fsp3) is 0.800. The van der Waals surface area contributed by atoms with Crippen molar-refractivity contribution in [3.05, 3.63) is 11.6 Å². The molecule has 76 valence electrons. The van der Waals surface area contributed by atoms with Crippen LogP contribution in [0.15, 0.2) is 11.6 Å². The van der Waals surface area contributed by atoms with Gasteiger partial charge in [-0.2, -0.15) is 0 Å². The molecule has 1 fully saturated rings. The number of rotatable bonds is 2. The average molecular weight is 186 g/mol. The van der Waals surface area contributed by atoms with E-state index in [2.05, 4.69) is 0 Å². The van der Waals surface area contributed by atoms with Gasteiger partial charge >= 0.3 is 0 Å². The van der Waals surface area contributed by atoms with Crippen LogP contribution in [0.5, 0.6) is 0 Å². The van der Waals surface area contributed by atoms with E-state index < -0.39 is 5.60 Å². The molecule has 0 aromatic rings. The Hall–Kier alpha value is -0.380. The lowest BCUT2D eigenvalue weighted by Gasteiger charge is -2.33. The highest BCUT2D eigenvalue weighted by atomic mass is 16.5. The highest BCUT2D eigenvalue weighted by Crippen LogP contribution is 2.25. The van der Waals surface area contributed by atoms with Gasteiger partial charge in [0.1, 0.15) is 0 Å². The lowest BCUT2D eigenvalue weighted by Crippen LogP contribution is -2.40. The van der Waals surface area contributed by atoms with Crippen LogP contribution >= 0.6 is 0 Å². The van der Waals surface area contributed by atoms with E-state index in [1.807, 2.05) is 0 Å². The van der Waals surface area contributed by atoms with Crippen LogP contribution in [0, 0.1) is 0 Å². The molecule has 0 saturated carbocycles. The van der Waals surface area contributed by atoms with Crippen molar-refractivity contribution in [2.24, 2.45) is 0 Å². The Kier molecular flexibility index (Phi) is 3.47. The van der Waals surface area contributed by atoms with Gasteiger partial charge in [-0.1, -0.05) is 6.08 Å². The predicted octanol–water partition coefficient (Wildman–Crippen LogP) is 0.855. The summed E-state index contributed by atoms with van der Waals surface area (Å²) < 4.78 is 5.48. The Labute approximate surface area is 79.0 Å². The standard InChI is InChI=1S/C10H18O3/c1-10(2,12)9-4-3-8(5-6-11)7-13-9/h5,9,11-12H,3-4,6-7H2,1-2H3/b8-5+. The van der Waals surface area contributed by atoms with Gasteiger partial charge in [-0.05, 0) is 32.3 Å². The van der Waals surface area contributed by atoms with Crippen LogP contribution in [-0.4, -0.2) is 35.1 Å². The molecule has 2 N–H and O–H groups in total. The summed E-state index contributed by atoms with van der Waals surface area (Å²) in [5.41, 5.74) is 0.369. The van der Waals surface area contributed by atoms with E-state index in [0.29, 0.717) is 6.61 Å². The third-order valence-electron chi connectivity index (χ3n) is 2.37. The van der Waals surface area contributed by atoms with Crippen molar-refractivity contribution in [2.75, 3.05) is 13.2 Å². The second kappa shape index (κ2) is 4.22. The maximum atomic E-state index is 9.66. The molecule has 1 atom stereocenters. The first-order valence-corrected chi connectivity index (χ1v) is 4.67. The summed E-state index contributed by atoms with van der Waals surface area (Å²) in [6.07, 6.45) is 3.44. The number of ether oxygens (including phenoxy) is 1. The molecule has 1 aliphatic rings. The molecule has 1 saturated heterocycles. The number of aliphatic hydroxyl groups excluding tert-OH is 1. The van der Waals surface area contributed by atoms with Crippen molar-refractivity contribution in [3.8, 4) is 0 Å². The Bertz CT molecular complexity index is 181. The first-order chi connectivity index (χ1) is 6.04. The fourth-order valence-corrected chi connectivity index (χ4v) is 1.53. The number of aliphatic hydroxyl groups is 2. The molecule has 0 aliphatic carbocycles. The molecule has 0 amide bonds. The van der Waals surface area contributed by atoms with E-state index in [9.17, 15) is 5.11 Å². The first kappa shape index (κ1) is 10.7. The van der Waals surface area contributed by atoms with Crippen LogP contribution in [0.1, 0.15) is 26.7 Å². The third kappa shape index (κ3) is 3.10. The average Bonchev–Trinajstić information content (AvgIpc) is 2.04. The van der Waals surface area contributed by atoms with Gasteiger partial charge in [0.05, 0.1) is 24.9 Å². The Morgan fingerprint density at radius 3 is 2.69 bits per heavy atom. The number of hydrogen-bond acceptors (Lipinski definition) is 3.